The second-order valence-corrected chi connectivity index (χ2v) is 7.62. The molecule has 1 fully saturated rings. The van der Waals surface area contributed by atoms with Crippen molar-refractivity contribution in [3.05, 3.63) is 35.4 Å². The van der Waals surface area contributed by atoms with E-state index in [0.717, 1.165) is 13.0 Å². The van der Waals surface area contributed by atoms with Crippen LogP contribution in [0.1, 0.15) is 58.2 Å². The normalized spacial score (nSPS) is 25.7. The van der Waals surface area contributed by atoms with Crippen molar-refractivity contribution in [3.8, 4) is 0 Å². The van der Waals surface area contributed by atoms with Gasteiger partial charge in [-0.1, -0.05) is 57.5 Å². The largest absolute Gasteiger partial charge is 0.377 e. The summed E-state index contributed by atoms with van der Waals surface area (Å²) in [6.07, 6.45) is 1.51. The molecule has 0 amide bonds. The molecule has 1 aliphatic carbocycles. The Morgan fingerprint density at radius 2 is 1.81 bits per heavy atom. The Balaban J connectivity index is 1.88. The van der Waals surface area contributed by atoms with Gasteiger partial charge in [-0.3, -0.25) is 0 Å². The molecule has 0 radical (unpaired) electrons. The predicted molar refractivity (Wildman–Crippen MR) is 89.5 cm³/mol. The summed E-state index contributed by atoms with van der Waals surface area (Å²) in [5, 5.41) is 3.78. The number of nitrogens with one attached hydrogen (secondary N) is 1. The first-order chi connectivity index (χ1) is 9.80. The second kappa shape index (κ2) is 6.50. The molecule has 0 aromatic heterocycles. The molecule has 118 valence electrons. The maximum atomic E-state index is 6.05. The first kappa shape index (κ1) is 16.5. The Hall–Kier alpha value is -0.860. The number of hydrogen-bond donors (Lipinski definition) is 1. The van der Waals surface area contributed by atoms with Gasteiger partial charge in [0.15, 0.2) is 0 Å². The van der Waals surface area contributed by atoms with Crippen LogP contribution in [0.4, 0.5) is 0 Å². The lowest BCUT2D eigenvalue weighted by atomic mass is 9.64. The SMILES string of the molecule is Cc1ccc([C@@H](C)NC2CC(OCC(C)C)C2(C)C)cc1. The Morgan fingerprint density at radius 3 is 2.33 bits per heavy atom. The molecule has 1 aliphatic rings. The molecule has 2 unspecified atom stereocenters. The fourth-order valence-electron chi connectivity index (χ4n) is 3.01. The fraction of sp³-hybridized carbons (Fsp3) is 0.684. The van der Waals surface area contributed by atoms with Gasteiger partial charge in [0, 0.05) is 24.1 Å². The third-order valence-corrected chi connectivity index (χ3v) is 4.84. The van der Waals surface area contributed by atoms with Crippen molar-refractivity contribution in [2.24, 2.45) is 11.3 Å². The van der Waals surface area contributed by atoms with Gasteiger partial charge in [-0.05, 0) is 31.7 Å². The summed E-state index contributed by atoms with van der Waals surface area (Å²) in [4.78, 5) is 0. The molecule has 0 bridgehead atoms. The Kier molecular flexibility index (Phi) is 5.11. The van der Waals surface area contributed by atoms with Crippen LogP contribution in [-0.2, 0) is 4.74 Å². The van der Waals surface area contributed by atoms with Crippen LogP contribution in [0.15, 0.2) is 24.3 Å². The maximum Gasteiger partial charge on any atom is 0.0656 e. The van der Waals surface area contributed by atoms with E-state index in [-0.39, 0.29) is 5.41 Å². The molecular weight excluding hydrogens is 258 g/mol. The van der Waals surface area contributed by atoms with Crippen LogP contribution in [0, 0.1) is 18.3 Å². The monoisotopic (exact) mass is 289 g/mol. The van der Waals surface area contributed by atoms with Gasteiger partial charge in [-0.25, -0.2) is 0 Å². The van der Waals surface area contributed by atoms with Crippen LogP contribution in [0.25, 0.3) is 0 Å². The van der Waals surface area contributed by atoms with Gasteiger partial charge >= 0.3 is 0 Å². The molecule has 21 heavy (non-hydrogen) atoms. The number of aryl methyl sites for hydroxylation is 1. The van der Waals surface area contributed by atoms with Gasteiger partial charge in [0.25, 0.3) is 0 Å². The Bertz CT molecular complexity index is 449. The quantitative estimate of drug-likeness (QED) is 0.833. The number of benzene rings is 1. The van der Waals surface area contributed by atoms with Crippen LogP contribution in [0.2, 0.25) is 0 Å². The molecule has 0 spiro atoms. The number of ether oxygens (including phenoxy) is 1. The van der Waals surface area contributed by atoms with Gasteiger partial charge in [0.2, 0.25) is 0 Å². The molecule has 1 N–H and O–H groups in total. The average Bonchev–Trinajstić information content (AvgIpc) is 2.42. The predicted octanol–water partition coefficient (Wildman–Crippen LogP) is 4.49. The van der Waals surface area contributed by atoms with Crippen molar-refractivity contribution in [1.82, 2.24) is 5.32 Å². The minimum absolute atomic E-state index is 0.216. The summed E-state index contributed by atoms with van der Waals surface area (Å²) in [6, 6.07) is 9.76. The van der Waals surface area contributed by atoms with E-state index in [1.165, 1.54) is 11.1 Å². The molecule has 1 aromatic carbocycles. The molecular formula is C19H31NO. The highest BCUT2D eigenvalue weighted by molar-refractivity contribution is 5.24. The van der Waals surface area contributed by atoms with Crippen LogP contribution in [0.5, 0.6) is 0 Å². The van der Waals surface area contributed by atoms with Gasteiger partial charge in [-0.2, -0.15) is 0 Å². The van der Waals surface area contributed by atoms with E-state index in [1.807, 2.05) is 0 Å². The van der Waals surface area contributed by atoms with E-state index < -0.39 is 0 Å². The van der Waals surface area contributed by atoms with E-state index in [0.29, 0.717) is 24.1 Å². The highest BCUT2D eigenvalue weighted by atomic mass is 16.5. The van der Waals surface area contributed by atoms with E-state index >= 15 is 0 Å². The lowest BCUT2D eigenvalue weighted by Crippen LogP contribution is -2.61. The molecule has 0 aliphatic heterocycles. The third-order valence-electron chi connectivity index (χ3n) is 4.84. The summed E-state index contributed by atoms with van der Waals surface area (Å²) in [7, 11) is 0. The standard InChI is InChI=1S/C19H31NO/c1-13(2)12-21-18-11-17(19(18,5)6)20-15(4)16-9-7-14(3)8-10-16/h7-10,13,15,17-18,20H,11-12H2,1-6H3/t15-,17?,18?/m1/s1. The zero-order chi connectivity index (χ0) is 15.6. The van der Waals surface area contributed by atoms with Crippen molar-refractivity contribution < 1.29 is 4.74 Å². The first-order valence-electron chi connectivity index (χ1n) is 8.25. The van der Waals surface area contributed by atoms with Crippen molar-refractivity contribution >= 4 is 0 Å². The van der Waals surface area contributed by atoms with Crippen LogP contribution < -0.4 is 5.32 Å². The fourth-order valence-corrected chi connectivity index (χ4v) is 3.01. The topological polar surface area (TPSA) is 21.3 Å². The number of rotatable bonds is 6. The minimum Gasteiger partial charge on any atom is -0.377 e. The van der Waals surface area contributed by atoms with E-state index in [4.69, 9.17) is 4.74 Å². The molecule has 3 atom stereocenters. The Morgan fingerprint density at radius 1 is 1.19 bits per heavy atom. The zero-order valence-corrected chi connectivity index (χ0v) is 14.4. The summed E-state index contributed by atoms with van der Waals surface area (Å²) < 4.78 is 6.05. The zero-order valence-electron chi connectivity index (χ0n) is 14.4. The summed E-state index contributed by atoms with van der Waals surface area (Å²) in [5.41, 5.74) is 2.90. The van der Waals surface area contributed by atoms with Crippen molar-refractivity contribution in [2.45, 2.75) is 66.2 Å². The average molecular weight is 289 g/mol. The maximum absolute atomic E-state index is 6.05. The van der Waals surface area contributed by atoms with Crippen molar-refractivity contribution in [2.75, 3.05) is 6.61 Å². The molecule has 0 saturated heterocycles. The highest BCUT2D eigenvalue weighted by Crippen LogP contribution is 2.43. The molecule has 2 rings (SSSR count). The highest BCUT2D eigenvalue weighted by Gasteiger charge is 2.49. The van der Waals surface area contributed by atoms with Gasteiger partial charge in [0.05, 0.1) is 6.10 Å². The van der Waals surface area contributed by atoms with Gasteiger partial charge in [0.1, 0.15) is 0 Å². The van der Waals surface area contributed by atoms with Gasteiger partial charge in [-0.15, -0.1) is 0 Å². The summed E-state index contributed by atoms with van der Waals surface area (Å²) in [6.45, 7) is 14.3. The van der Waals surface area contributed by atoms with Crippen molar-refractivity contribution in [3.63, 3.8) is 0 Å². The number of hydrogen-bond acceptors (Lipinski definition) is 2. The third kappa shape index (κ3) is 3.87. The van der Waals surface area contributed by atoms with E-state index in [2.05, 4.69) is 71.1 Å². The molecule has 1 saturated carbocycles. The van der Waals surface area contributed by atoms with E-state index in [9.17, 15) is 0 Å². The molecule has 2 nitrogen and oxygen atoms in total. The minimum atomic E-state index is 0.216. The summed E-state index contributed by atoms with van der Waals surface area (Å²) in [5.74, 6) is 0.610. The Labute approximate surface area is 130 Å². The molecule has 1 aromatic rings. The van der Waals surface area contributed by atoms with Gasteiger partial charge < -0.3 is 10.1 Å². The summed E-state index contributed by atoms with van der Waals surface area (Å²) >= 11 is 0. The van der Waals surface area contributed by atoms with Crippen molar-refractivity contribution in [1.29, 1.82) is 0 Å². The van der Waals surface area contributed by atoms with E-state index in [1.54, 1.807) is 0 Å². The molecule has 2 heteroatoms. The first-order valence-corrected chi connectivity index (χ1v) is 8.25. The van der Waals surface area contributed by atoms with Crippen LogP contribution >= 0.6 is 0 Å². The smallest absolute Gasteiger partial charge is 0.0656 e. The second-order valence-electron chi connectivity index (χ2n) is 7.62. The lowest BCUT2D eigenvalue weighted by Gasteiger charge is -2.53. The van der Waals surface area contributed by atoms with Crippen LogP contribution in [0.3, 0.4) is 0 Å². The molecule has 0 heterocycles. The van der Waals surface area contributed by atoms with Crippen LogP contribution in [-0.4, -0.2) is 18.8 Å². The lowest BCUT2D eigenvalue weighted by molar-refractivity contribution is -0.125.